The standard InChI is InChI=1S/C15H18O3S2/c1-5-18-14(17)12(15(19-3)20-4)13(16)11-8-6-10(2)7-9-11/h6-9H,5H2,1-4H3. The molecule has 0 aliphatic rings. The van der Waals surface area contributed by atoms with Crippen LogP contribution in [0.15, 0.2) is 34.1 Å². The maximum absolute atomic E-state index is 12.5. The number of ketones is 1. The van der Waals surface area contributed by atoms with Crippen LogP contribution in [0.1, 0.15) is 22.8 Å². The average Bonchev–Trinajstić information content (AvgIpc) is 2.44. The van der Waals surface area contributed by atoms with Crippen LogP contribution in [0.2, 0.25) is 0 Å². The van der Waals surface area contributed by atoms with Crippen LogP contribution in [0.5, 0.6) is 0 Å². The minimum atomic E-state index is -0.559. The first kappa shape index (κ1) is 16.9. The highest BCUT2D eigenvalue weighted by Crippen LogP contribution is 2.30. The first-order chi connectivity index (χ1) is 9.54. The van der Waals surface area contributed by atoms with Crippen LogP contribution in [0, 0.1) is 6.92 Å². The van der Waals surface area contributed by atoms with E-state index in [0.717, 1.165) is 5.56 Å². The Morgan fingerprint density at radius 1 is 1.10 bits per heavy atom. The lowest BCUT2D eigenvalue weighted by atomic mass is 10.0. The molecular weight excluding hydrogens is 292 g/mol. The predicted octanol–water partition coefficient (Wildman–Crippen LogP) is 3.68. The molecule has 1 rings (SSSR count). The summed E-state index contributed by atoms with van der Waals surface area (Å²) in [4.78, 5) is 24.6. The van der Waals surface area contributed by atoms with Crippen molar-refractivity contribution < 1.29 is 14.3 Å². The number of aryl methyl sites for hydroxylation is 1. The lowest BCUT2D eigenvalue weighted by Gasteiger charge is -2.10. The van der Waals surface area contributed by atoms with E-state index in [0.29, 0.717) is 9.80 Å². The number of rotatable bonds is 6. The maximum atomic E-state index is 12.5. The molecule has 0 bridgehead atoms. The quantitative estimate of drug-likeness (QED) is 0.264. The number of ether oxygens (including phenoxy) is 1. The van der Waals surface area contributed by atoms with Gasteiger partial charge in [-0.1, -0.05) is 29.8 Å². The second kappa shape index (κ2) is 8.17. The summed E-state index contributed by atoms with van der Waals surface area (Å²) < 4.78 is 5.69. The highest BCUT2D eigenvalue weighted by atomic mass is 32.2. The lowest BCUT2D eigenvalue weighted by molar-refractivity contribution is -0.138. The normalized spacial score (nSPS) is 10.0. The summed E-state index contributed by atoms with van der Waals surface area (Å²) in [5, 5.41) is 0. The monoisotopic (exact) mass is 310 g/mol. The first-order valence-corrected chi connectivity index (χ1v) is 8.60. The molecule has 108 valence electrons. The molecule has 0 fully saturated rings. The molecular formula is C15H18O3S2. The zero-order chi connectivity index (χ0) is 15.1. The van der Waals surface area contributed by atoms with E-state index < -0.39 is 5.97 Å². The third kappa shape index (κ3) is 4.15. The Kier molecular flexibility index (Phi) is 6.88. The third-order valence-corrected chi connectivity index (χ3v) is 4.75. The van der Waals surface area contributed by atoms with E-state index in [1.165, 1.54) is 23.5 Å². The molecule has 0 N–H and O–H groups in total. The zero-order valence-corrected chi connectivity index (χ0v) is 13.7. The van der Waals surface area contributed by atoms with Crippen LogP contribution >= 0.6 is 23.5 Å². The number of thioether (sulfide) groups is 2. The first-order valence-electron chi connectivity index (χ1n) is 6.15. The van der Waals surface area contributed by atoms with Gasteiger partial charge in [-0.25, -0.2) is 4.79 Å². The van der Waals surface area contributed by atoms with Gasteiger partial charge in [-0.15, -0.1) is 23.5 Å². The fourth-order valence-electron chi connectivity index (χ4n) is 1.61. The Hall–Kier alpha value is -1.20. The zero-order valence-electron chi connectivity index (χ0n) is 12.1. The van der Waals surface area contributed by atoms with Crippen molar-refractivity contribution in [3.05, 3.63) is 45.2 Å². The van der Waals surface area contributed by atoms with E-state index in [-0.39, 0.29) is 18.0 Å². The molecule has 0 radical (unpaired) electrons. The Morgan fingerprint density at radius 2 is 1.65 bits per heavy atom. The van der Waals surface area contributed by atoms with Crippen LogP contribution in [0.4, 0.5) is 0 Å². The van der Waals surface area contributed by atoms with E-state index in [2.05, 4.69) is 0 Å². The summed E-state index contributed by atoms with van der Waals surface area (Å²) >= 11 is 2.76. The molecule has 5 heteroatoms. The number of carbonyl (C=O) groups excluding carboxylic acids is 2. The van der Waals surface area contributed by atoms with Gasteiger partial charge in [0.1, 0.15) is 5.57 Å². The molecule has 0 heterocycles. The molecule has 0 aliphatic heterocycles. The van der Waals surface area contributed by atoms with Gasteiger partial charge in [0.2, 0.25) is 5.78 Å². The largest absolute Gasteiger partial charge is 0.462 e. The van der Waals surface area contributed by atoms with Crippen molar-refractivity contribution >= 4 is 35.3 Å². The molecule has 0 atom stereocenters. The maximum Gasteiger partial charge on any atom is 0.343 e. The SMILES string of the molecule is CCOC(=O)C(C(=O)c1ccc(C)cc1)=C(SC)SC. The summed E-state index contributed by atoms with van der Waals surface area (Å²) in [6.45, 7) is 3.93. The van der Waals surface area contributed by atoms with Gasteiger partial charge in [0, 0.05) is 5.56 Å². The summed E-state index contributed by atoms with van der Waals surface area (Å²) in [7, 11) is 0. The van der Waals surface area contributed by atoms with Gasteiger partial charge in [0.15, 0.2) is 0 Å². The van der Waals surface area contributed by atoms with E-state index in [1.54, 1.807) is 19.1 Å². The Bertz CT molecular complexity index is 512. The summed E-state index contributed by atoms with van der Waals surface area (Å²) in [5.74, 6) is -0.848. The van der Waals surface area contributed by atoms with E-state index in [1.807, 2.05) is 31.6 Å². The molecule has 0 aliphatic carbocycles. The van der Waals surface area contributed by atoms with Crippen LogP contribution in [-0.4, -0.2) is 30.9 Å². The van der Waals surface area contributed by atoms with Crippen LogP contribution in [0.3, 0.4) is 0 Å². The Balaban J connectivity index is 3.23. The molecule has 0 spiro atoms. The summed E-state index contributed by atoms with van der Waals surface area (Å²) in [5.41, 5.74) is 1.69. The van der Waals surface area contributed by atoms with Crippen molar-refractivity contribution in [2.45, 2.75) is 13.8 Å². The number of benzene rings is 1. The average molecular weight is 310 g/mol. The molecule has 3 nitrogen and oxygen atoms in total. The van der Waals surface area contributed by atoms with Gasteiger partial charge in [-0.3, -0.25) is 4.79 Å². The second-order valence-electron chi connectivity index (χ2n) is 3.99. The van der Waals surface area contributed by atoms with E-state index in [9.17, 15) is 9.59 Å². The van der Waals surface area contributed by atoms with Crippen molar-refractivity contribution in [3.63, 3.8) is 0 Å². The predicted molar refractivity (Wildman–Crippen MR) is 86.2 cm³/mol. The van der Waals surface area contributed by atoms with Crippen LogP contribution in [0.25, 0.3) is 0 Å². The number of Topliss-reactive ketones (excluding diaryl/α,β-unsaturated/α-hetero) is 1. The van der Waals surface area contributed by atoms with Gasteiger partial charge in [0.05, 0.1) is 10.8 Å². The van der Waals surface area contributed by atoms with Crippen molar-refractivity contribution in [2.24, 2.45) is 0 Å². The van der Waals surface area contributed by atoms with E-state index in [4.69, 9.17) is 4.74 Å². The number of hydrogen-bond acceptors (Lipinski definition) is 5. The molecule has 0 aromatic heterocycles. The number of hydrogen-bond donors (Lipinski definition) is 0. The smallest absolute Gasteiger partial charge is 0.343 e. The lowest BCUT2D eigenvalue weighted by Crippen LogP contribution is -2.17. The van der Waals surface area contributed by atoms with Gasteiger partial charge < -0.3 is 4.74 Å². The topological polar surface area (TPSA) is 43.4 Å². The van der Waals surface area contributed by atoms with Crippen molar-refractivity contribution in [1.82, 2.24) is 0 Å². The molecule has 20 heavy (non-hydrogen) atoms. The molecule has 1 aromatic carbocycles. The van der Waals surface area contributed by atoms with Gasteiger partial charge in [0.25, 0.3) is 0 Å². The van der Waals surface area contributed by atoms with Crippen molar-refractivity contribution in [2.75, 3.05) is 19.1 Å². The number of carbonyl (C=O) groups is 2. The molecule has 1 aromatic rings. The summed E-state index contributed by atoms with van der Waals surface area (Å²) in [6.07, 6.45) is 3.68. The van der Waals surface area contributed by atoms with Gasteiger partial charge >= 0.3 is 5.97 Å². The molecule has 0 amide bonds. The van der Waals surface area contributed by atoms with Crippen molar-refractivity contribution in [3.8, 4) is 0 Å². The molecule has 0 saturated carbocycles. The van der Waals surface area contributed by atoms with Crippen LogP contribution in [-0.2, 0) is 9.53 Å². The number of esters is 1. The fourth-order valence-corrected chi connectivity index (χ4v) is 3.04. The fraction of sp³-hybridized carbons (Fsp3) is 0.333. The Morgan fingerprint density at radius 3 is 2.10 bits per heavy atom. The molecule has 0 saturated heterocycles. The highest BCUT2D eigenvalue weighted by Gasteiger charge is 2.25. The van der Waals surface area contributed by atoms with Crippen molar-refractivity contribution in [1.29, 1.82) is 0 Å². The van der Waals surface area contributed by atoms with E-state index >= 15 is 0 Å². The minimum absolute atomic E-state index is 0.121. The third-order valence-electron chi connectivity index (χ3n) is 2.60. The van der Waals surface area contributed by atoms with Gasteiger partial charge in [-0.2, -0.15) is 0 Å². The van der Waals surface area contributed by atoms with Crippen LogP contribution < -0.4 is 0 Å². The summed E-state index contributed by atoms with van der Waals surface area (Å²) in [6, 6.07) is 7.17. The Labute approximate surface area is 128 Å². The minimum Gasteiger partial charge on any atom is -0.462 e. The second-order valence-corrected chi connectivity index (χ2v) is 5.88. The van der Waals surface area contributed by atoms with Gasteiger partial charge in [-0.05, 0) is 26.4 Å². The highest BCUT2D eigenvalue weighted by molar-refractivity contribution is 8.21. The molecule has 0 unspecified atom stereocenters.